The van der Waals surface area contributed by atoms with Crippen LogP contribution in [0.2, 0.25) is 0 Å². The molecule has 2 N–H and O–H groups in total. The van der Waals surface area contributed by atoms with E-state index in [1.54, 1.807) is 0 Å². The maximum atomic E-state index is 13.3. The fourth-order valence-corrected chi connectivity index (χ4v) is 2.03. The van der Waals surface area contributed by atoms with Crippen molar-refractivity contribution >= 4 is 5.88 Å². The van der Waals surface area contributed by atoms with Gasteiger partial charge in [-0.05, 0) is 23.8 Å². The highest BCUT2D eigenvalue weighted by atomic mass is 19.2. The quantitative estimate of drug-likeness (QED) is 0.770. The molecule has 1 aromatic heterocycles. The zero-order valence-corrected chi connectivity index (χ0v) is 10.3. The van der Waals surface area contributed by atoms with E-state index in [1.807, 2.05) is 30.3 Å². The van der Waals surface area contributed by atoms with Crippen LogP contribution in [0.4, 0.5) is 14.7 Å². The molecule has 3 nitrogen and oxygen atoms in total. The number of aromatic nitrogens is 1. The number of halogens is 2. The van der Waals surface area contributed by atoms with Crippen molar-refractivity contribution in [2.24, 2.45) is 0 Å². The Morgan fingerprint density at radius 3 is 2.35 bits per heavy atom. The zero-order valence-electron chi connectivity index (χ0n) is 10.3. The molecule has 0 spiro atoms. The summed E-state index contributed by atoms with van der Waals surface area (Å²) >= 11 is 0. The van der Waals surface area contributed by atoms with E-state index in [-0.39, 0.29) is 5.88 Å². The summed E-state index contributed by atoms with van der Waals surface area (Å²) in [5, 5.41) is 3.84. The topological polar surface area (TPSA) is 52.0 Å². The molecule has 3 aromatic rings. The first-order valence-corrected chi connectivity index (χ1v) is 5.93. The molecule has 0 radical (unpaired) electrons. The Balaban J connectivity index is 2.18. The predicted octanol–water partition coefficient (Wildman–Crippen LogP) is 3.87. The maximum absolute atomic E-state index is 13.3. The summed E-state index contributed by atoms with van der Waals surface area (Å²) in [6, 6.07) is 12.8. The SMILES string of the molecule is Nc1onc(-c2ccc(F)c(F)c2)c1-c1ccccc1. The van der Waals surface area contributed by atoms with Gasteiger partial charge in [-0.3, -0.25) is 0 Å². The molecule has 20 heavy (non-hydrogen) atoms. The summed E-state index contributed by atoms with van der Waals surface area (Å²) in [6.45, 7) is 0. The summed E-state index contributed by atoms with van der Waals surface area (Å²) in [7, 11) is 0. The minimum atomic E-state index is -0.942. The number of nitrogen functional groups attached to an aromatic ring is 1. The molecule has 0 unspecified atom stereocenters. The van der Waals surface area contributed by atoms with Gasteiger partial charge < -0.3 is 10.3 Å². The molecule has 1 heterocycles. The van der Waals surface area contributed by atoms with Crippen LogP contribution in [-0.2, 0) is 0 Å². The van der Waals surface area contributed by atoms with E-state index in [1.165, 1.54) is 6.07 Å². The second-order valence-electron chi connectivity index (χ2n) is 4.27. The molecule has 0 aliphatic heterocycles. The van der Waals surface area contributed by atoms with E-state index >= 15 is 0 Å². The first-order valence-electron chi connectivity index (χ1n) is 5.93. The van der Waals surface area contributed by atoms with Gasteiger partial charge in [0.05, 0.1) is 5.56 Å². The van der Waals surface area contributed by atoms with E-state index < -0.39 is 11.6 Å². The fraction of sp³-hybridized carbons (Fsp3) is 0. The lowest BCUT2D eigenvalue weighted by Crippen LogP contribution is -1.89. The first-order chi connectivity index (χ1) is 9.66. The highest BCUT2D eigenvalue weighted by Gasteiger charge is 2.18. The van der Waals surface area contributed by atoms with Gasteiger partial charge in [0.2, 0.25) is 5.88 Å². The summed E-state index contributed by atoms with van der Waals surface area (Å²) in [4.78, 5) is 0. The Labute approximate surface area is 113 Å². The van der Waals surface area contributed by atoms with Gasteiger partial charge in [0.1, 0.15) is 5.69 Å². The minimum Gasteiger partial charge on any atom is -0.367 e. The first kappa shape index (κ1) is 12.3. The molecule has 3 rings (SSSR count). The van der Waals surface area contributed by atoms with Gasteiger partial charge in [-0.15, -0.1) is 0 Å². The lowest BCUT2D eigenvalue weighted by atomic mass is 10.0. The third kappa shape index (κ3) is 2.03. The fourth-order valence-electron chi connectivity index (χ4n) is 2.03. The largest absolute Gasteiger partial charge is 0.367 e. The summed E-state index contributed by atoms with van der Waals surface area (Å²) in [6.07, 6.45) is 0. The van der Waals surface area contributed by atoms with Crippen molar-refractivity contribution in [2.45, 2.75) is 0 Å². The Morgan fingerprint density at radius 2 is 1.65 bits per heavy atom. The predicted molar refractivity (Wildman–Crippen MR) is 71.7 cm³/mol. The van der Waals surface area contributed by atoms with Crippen molar-refractivity contribution in [1.29, 1.82) is 0 Å². The van der Waals surface area contributed by atoms with Crippen molar-refractivity contribution in [3.63, 3.8) is 0 Å². The number of rotatable bonds is 2. The van der Waals surface area contributed by atoms with Crippen molar-refractivity contribution in [3.8, 4) is 22.4 Å². The number of hydrogen-bond acceptors (Lipinski definition) is 3. The van der Waals surface area contributed by atoms with Crippen LogP contribution >= 0.6 is 0 Å². The van der Waals surface area contributed by atoms with Crippen molar-refractivity contribution in [1.82, 2.24) is 5.16 Å². The highest BCUT2D eigenvalue weighted by Crippen LogP contribution is 2.36. The molecule has 0 aliphatic carbocycles. The zero-order chi connectivity index (χ0) is 14.1. The molecule has 0 atom stereocenters. The Bertz CT molecular complexity index is 754. The standard InChI is InChI=1S/C15H10F2N2O/c16-11-7-6-10(8-12(11)17)14-13(15(18)20-19-14)9-4-2-1-3-5-9/h1-8H,18H2. The van der Waals surface area contributed by atoms with Crippen LogP contribution in [0.15, 0.2) is 53.1 Å². The molecule has 0 saturated carbocycles. The van der Waals surface area contributed by atoms with Gasteiger partial charge in [0.25, 0.3) is 0 Å². The normalized spacial score (nSPS) is 10.7. The van der Waals surface area contributed by atoms with Crippen molar-refractivity contribution in [3.05, 3.63) is 60.2 Å². The average Bonchev–Trinajstić information content (AvgIpc) is 2.85. The lowest BCUT2D eigenvalue weighted by molar-refractivity contribution is 0.439. The van der Waals surface area contributed by atoms with Crippen LogP contribution in [0.25, 0.3) is 22.4 Å². The van der Waals surface area contributed by atoms with Crippen LogP contribution in [0.5, 0.6) is 0 Å². The van der Waals surface area contributed by atoms with E-state index in [2.05, 4.69) is 5.16 Å². The molecule has 0 saturated heterocycles. The molecule has 0 amide bonds. The molecule has 0 aliphatic rings. The second kappa shape index (κ2) is 4.77. The molecular weight excluding hydrogens is 262 g/mol. The number of nitrogens with two attached hydrogens (primary N) is 1. The number of anilines is 1. The summed E-state index contributed by atoms with van der Waals surface area (Å²) < 4.78 is 31.3. The number of nitrogens with zero attached hydrogens (tertiary/aromatic N) is 1. The van der Waals surface area contributed by atoms with Crippen LogP contribution in [0, 0.1) is 11.6 Å². The van der Waals surface area contributed by atoms with Crippen molar-refractivity contribution < 1.29 is 13.3 Å². The van der Waals surface area contributed by atoms with Gasteiger partial charge >= 0.3 is 0 Å². The minimum absolute atomic E-state index is 0.135. The number of benzene rings is 2. The van der Waals surface area contributed by atoms with E-state index in [0.717, 1.165) is 17.7 Å². The van der Waals surface area contributed by atoms with E-state index in [9.17, 15) is 8.78 Å². The number of hydrogen-bond donors (Lipinski definition) is 1. The van der Waals surface area contributed by atoms with Gasteiger partial charge in [0.15, 0.2) is 11.6 Å². The Morgan fingerprint density at radius 1 is 0.900 bits per heavy atom. The maximum Gasteiger partial charge on any atom is 0.230 e. The monoisotopic (exact) mass is 272 g/mol. The third-order valence-electron chi connectivity index (χ3n) is 2.97. The molecule has 0 bridgehead atoms. The van der Waals surface area contributed by atoms with Crippen LogP contribution < -0.4 is 5.73 Å². The van der Waals surface area contributed by atoms with Gasteiger partial charge in [-0.1, -0.05) is 35.5 Å². The molecule has 5 heteroatoms. The Kier molecular flexibility index (Phi) is 2.95. The molecule has 2 aromatic carbocycles. The average molecular weight is 272 g/mol. The van der Waals surface area contributed by atoms with Crippen LogP contribution in [-0.4, -0.2) is 5.16 Å². The smallest absolute Gasteiger partial charge is 0.230 e. The molecular formula is C15H10F2N2O. The lowest BCUT2D eigenvalue weighted by Gasteiger charge is -2.03. The summed E-state index contributed by atoms with van der Waals surface area (Å²) in [5.74, 6) is -1.72. The van der Waals surface area contributed by atoms with Gasteiger partial charge in [-0.25, -0.2) is 8.78 Å². The van der Waals surface area contributed by atoms with Crippen molar-refractivity contribution in [2.75, 3.05) is 5.73 Å². The van der Waals surface area contributed by atoms with Crippen LogP contribution in [0.1, 0.15) is 0 Å². The highest BCUT2D eigenvalue weighted by molar-refractivity contribution is 5.86. The Hall–Kier alpha value is -2.69. The third-order valence-corrected chi connectivity index (χ3v) is 2.97. The van der Waals surface area contributed by atoms with Gasteiger partial charge in [-0.2, -0.15) is 0 Å². The van der Waals surface area contributed by atoms with Gasteiger partial charge in [0, 0.05) is 5.56 Å². The molecule has 100 valence electrons. The molecule has 0 fully saturated rings. The van der Waals surface area contributed by atoms with Crippen LogP contribution in [0.3, 0.4) is 0 Å². The summed E-state index contributed by atoms with van der Waals surface area (Å²) in [5.41, 5.74) is 7.93. The van der Waals surface area contributed by atoms with E-state index in [4.69, 9.17) is 10.3 Å². The van der Waals surface area contributed by atoms with E-state index in [0.29, 0.717) is 16.8 Å². The second-order valence-corrected chi connectivity index (χ2v) is 4.27.